The number of rotatable bonds is 6. The monoisotopic (exact) mass is 376 g/mol. The van der Waals surface area contributed by atoms with Crippen LogP contribution in [0.1, 0.15) is 22.7 Å². The van der Waals surface area contributed by atoms with Crippen molar-refractivity contribution in [3.63, 3.8) is 0 Å². The lowest BCUT2D eigenvalue weighted by Crippen LogP contribution is -2.47. The van der Waals surface area contributed by atoms with Gasteiger partial charge in [-0.25, -0.2) is 4.68 Å². The van der Waals surface area contributed by atoms with Crippen LogP contribution in [0, 0.1) is 0 Å². The average Bonchev–Trinajstić information content (AvgIpc) is 3.29. The second-order valence-corrected chi connectivity index (χ2v) is 7.81. The van der Waals surface area contributed by atoms with Crippen molar-refractivity contribution in [2.75, 3.05) is 44.7 Å². The third-order valence-electron chi connectivity index (χ3n) is 5.02. The molecule has 0 amide bonds. The van der Waals surface area contributed by atoms with Crippen LogP contribution < -0.4 is 10.5 Å². The number of fused-ring (bicyclic) bond motifs is 1. The highest BCUT2D eigenvalue weighted by Crippen LogP contribution is 2.22. The third kappa shape index (κ3) is 3.79. The van der Waals surface area contributed by atoms with Gasteiger partial charge in [0.1, 0.15) is 11.6 Å². The Morgan fingerprint density at radius 2 is 2.00 bits per heavy atom. The number of hydrogen-bond acceptors (Lipinski definition) is 8. The highest BCUT2D eigenvalue weighted by molar-refractivity contribution is 7.15. The van der Waals surface area contributed by atoms with E-state index in [0.29, 0.717) is 13.2 Å². The van der Waals surface area contributed by atoms with Gasteiger partial charge in [-0.15, -0.1) is 10.2 Å². The minimum Gasteiger partial charge on any atom is -0.377 e. The first-order valence-corrected chi connectivity index (χ1v) is 9.93. The van der Waals surface area contributed by atoms with Crippen LogP contribution in [0.25, 0.3) is 0 Å². The van der Waals surface area contributed by atoms with Crippen LogP contribution in [0.5, 0.6) is 0 Å². The van der Waals surface area contributed by atoms with Gasteiger partial charge < -0.3 is 9.64 Å². The Kier molecular flexibility index (Phi) is 5.28. The smallest absolute Gasteiger partial charge is 0.267 e. The lowest BCUT2D eigenvalue weighted by molar-refractivity contribution is 0.184. The Labute approximate surface area is 156 Å². The molecule has 0 atom stereocenters. The number of ether oxygens (including phenoxy) is 1. The van der Waals surface area contributed by atoms with Crippen molar-refractivity contribution in [3.05, 3.63) is 32.7 Å². The molecule has 0 aromatic carbocycles. The summed E-state index contributed by atoms with van der Waals surface area (Å²) in [5.74, 6) is 0. The summed E-state index contributed by atoms with van der Waals surface area (Å²) in [6, 6.07) is 1.78. The lowest BCUT2D eigenvalue weighted by Gasteiger charge is -2.34. The Morgan fingerprint density at radius 3 is 2.81 bits per heavy atom. The zero-order valence-electron chi connectivity index (χ0n) is 15.1. The molecular weight excluding hydrogens is 352 g/mol. The Balaban J connectivity index is 1.29. The highest BCUT2D eigenvalue weighted by Gasteiger charge is 2.21. The zero-order chi connectivity index (χ0) is 17.9. The quantitative estimate of drug-likeness (QED) is 0.729. The van der Waals surface area contributed by atoms with Gasteiger partial charge in [0.25, 0.3) is 5.56 Å². The van der Waals surface area contributed by atoms with Crippen LogP contribution in [0.4, 0.5) is 5.13 Å². The number of anilines is 1. The highest BCUT2D eigenvalue weighted by atomic mass is 32.1. The summed E-state index contributed by atoms with van der Waals surface area (Å²) in [6.07, 6.45) is 3.12. The normalized spacial score (nSPS) is 17.7. The maximum atomic E-state index is 12.2. The molecule has 8 nitrogen and oxygen atoms in total. The first-order valence-electron chi connectivity index (χ1n) is 9.11. The first kappa shape index (κ1) is 17.6. The molecule has 2 aliphatic rings. The minimum absolute atomic E-state index is 0.0313. The van der Waals surface area contributed by atoms with Gasteiger partial charge in [-0.05, 0) is 24.8 Å². The van der Waals surface area contributed by atoms with E-state index in [1.807, 2.05) is 0 Å². The molecule has 0 radical (unpaired) electrons. The molecule has 2 aromatic rings. The molecule has 1 saturated heterocycles. The van der Waals surface area contributed by atoms with E-state index in [-0.39, 0.29) is 5.56 Å². The fourth-order valence-electron chi connectivity index (χ4n) is 3.55. The van der Waals surface area contributed by atoms with Gasteiger partial charge in [-0.1, -0.05) is 11.3 Å². The summed E-state index contributed by atoms with van der Waals surface area (Å²) < 4.78 is 6.74. The van der Waals surface area contributed by atoms with E-state index in [1.165, 1.54) is 0 Å². The van der Waals surface area contributed by atoms with Crippen LogP contribution in [0.15, 0.2) is 10.9 Å². The molecule has 4 rings (SSSR count). The number of aromatic nitrogens is 4. The molecule has 9 heteroatoms. The summed E-state index contributed by atoms with van der Waals surface area (Å²) in [4.78, 5) is 16.8. The predicted octanol–water partition coefficient (Wildman–Crippen LogP) is 0.552. The van der Waals surface area contributed by atoms with E-state index < -0.39 is 0 Å². The molecule has 26 heavy (non-hydrogen) atoms. The number of aryl methyl sites for hydroxylation is 2. The second-order valence-electron chi connectivity index (χ2n) is 6.77. The van der Waals surface area contributed by atoms with Crippen LogP contribution >= 0.6 is 11.3 Å². The Hall–Kier alpha value is -1.84. The average molecular weight is 376 g/mol. The third-order valence-corrected chi connectivity index (χ3v) is 5.98. The molecule has 1 aliphatic carbocycles. The molecular formula is C17H24N6O2S. The maximum Gasteiger partial charge on any atom is 0.267 e. The van der Waals surface area contributed by atoms with Gasteiger partial charge >= 0.3 is 0 Å². The van der Waals surface area contributed by atoms with E-state index in [2.05, 4.69) is 25.1 Å². The Bertz CT molecular complexity index is 812. The number of piperazine rings is 1. The predicted molar refractivity (Wildman–Crippen MR) is 99.8 cm³/mol. The van der Waals surface area contributed by atoms with Crippen molar-refractivity contribution in [1.29, 1.82) is 0 Å². The van der Waals surface area contributed by atoms with Crippen molar-refractivity contribution in [1.82, 2.24) is 24.9 Å². The second kappa shape index (κ2) is 7.81. The summed E-state index contributed by atoms with van der Waals surface area (Å²) in [5.41, 5.74) is 2.28. The molecule has 3 heterocycles. The van der Waals surface area contributed by atoms with Crippen molar-refractivity contribution >= 4 is 16.5 Å². The maximum absolute atomic E-state index is 12.2. The van der Waals surface area contributed by atoms with Crippen LogP contribution in [-0.2, 0) is 30.7 Å². The summed E-state index contributed by atoms with van der Waals surface area (Å²) in [5, 5.41) is 14.9. The van der Waals surface area contributed by atoms with Crippen LogP contribution in [0.2, 0.25) is 0 Å². The standard InChI is InChI=1S/C17H24N6O2S/c1-25-12-15-18-19-17(26-15)22-8-5-21(6-9-22)7-10-23-16(24)11-13-3-2-4-14(13)20-23/h11H,2-10,12H2,1H3. The SMILES string of the molecule is COCc1nnc(N2CCN(CCn3nc4c(cc3=O)CCC4)CC2)s1. The van der Waals surface area contributed by atoms with E-state index in [1.54, 1.807) is 29.2 Å². The molecule has 0 saturated carbocycles. The molecule has 2 aromatic heterocycles. The molecule has 0 spiro atoms. The summed E-state index contributed by atoms with van der Waals surface area (Å²) >= 11 is 1.59. The van der Waals surface area contributed by atoms with Crippen LogP contribution in [0.3, 0.4) is 0 Å². The molecule has 0 unspecified atom stereocenters. The molecule has 140 valence electrons. The Morgan fingerprint density at radius 1 is 1.15 bits per heavy atom. The number of nitrogens with zero attached hydrogens (tertiary/aromatic N) is 6. The summed E-state index contributed by atoms with van der Waals surface area (Å²) in [6.45, 7) is 5.79. The molecule has 1 fully saturated rings. The van der Waals surface area contributed by atoms with Crippen molar-refractivity contribution in [2.24, 2.45) is 0 Å². The van der Waals surface area contributed by atoms with Crippen LogP contribution in [-0.4, -0.2) is 64.7 Å². The largest absolute Gasteiger partial charge is 0.377 e. The van der Waals surface area contributed by atoms with E-state index in [4.69, 9.17) is 4.74 Å². The molecule has 0 N–H and O–H groups in total. The van der Waals surface area contributed by atoms with Crippen molar-refractivity contribution in [2.45, 2.75) is 32.4 Å². The zero-order valence-corrected chi connectivity index (χ0v) is 15.9. The fraction of sp³-hybridized carbons (Fsp3) is 0.647. The minimum atomic E-state index is 0.0313. The van der Waals surface area contributed by atoms with Crippen molar-refractivity contribution in [3.8, 4) is 0 Å². The van der Waals surface area contributed by atoms with Gasteiger partial charge in [0.05, 0.1) is 12.2 Å². The van der Waals surface area contributed by atoms with E-state index in [9.17, 15) is 4.79 Å². The number of methoxy groups -OCH3 is 1. The van der Waals surface area contributed by atoms with Gasteiger partial charge in [0.15, 0.2) is 0 Å². The van der Waals surface area contributed by atoms with E-state index >= 15 is 0 Å². The van der Waals surface area contributed by atoms with Gasteiger partial charge in [-0.3, -0.25) is 9.69 Å². The molecule has 1 aliphatic heterocycles. The van der Waals surface area contributed by atoms with Crippen molar-refractivity contribution < 1.29 is 4.74 Å². The van der Waals surface area contributed by atoms with Gasteiger partial charge in [0.2, 0.25) is 5.13 Å². The molecule has 0 bridgehead atoms. The fourth-order valence-corrected chi connectivity index (χ4v) is 4.42. The van der Waals surface area contributed by atoms with Gasteiger partial charge in [0, 0.05) is 45.9 Å². The topological polar surface area (TPSA) is 76.4 Å². The first-order chi connectivity index (χ1) is 12.7. The summed E-state index contributed by atoms with van der Waals surface area (Å²) in [7, 11) is 1.67. The number of hydrogen-bond donors (Lipinski definition) is 0. The lowest BCUT2D eigenvalue weighted by atomic mass is 10.2. The van der Waals surface area contributed by atoms with Gasteiger partial charge in [-0.2, -0.15) is 5.10 Å². The van der Waals surface area contributed by atoms with E-state index in [0.717, 1.165) is 73.4 Å².